The zero-order chi connectivity index (χ0) is 16.1. The number of rotatable bonds is 6. The van der Waals surface area contributed by atoms with Crippen molar-refractivity contribution in [1.82, 2.24) is 0 Å². The number of ether oxygens (including phenoxy) is 1. The van der Waals surface area contributed by atoms with E-state index in [0.29, 0.717) is 23.6 Å². The number of nitrogens with one attached hydrogen (secondary N) is 1. The second kappa shape index (κ2) is 7.09. The van der Waals surface area contributed by atoms with Gasteiger partial charge in [0.25, 0.3) is 0 Å². The van der Waals surface area contributed by atoms with Gasteiger partial charge in [-0.25, -0.2) is 4.79 Å². The molecule has 2 N–H and O–H groups in total. The molecule has 0 fully saturated rings. The first-order valence-corrected chi connectivity index (χ1v) is 7.82. The van der Waals surface area contributed by atoms with Gasteiger partial charge in [-0.15, -0.1) is 11.3 Å². The monoisotopic (exact) mass is 319 g/mol. The number of hydrogen-bond donors (Lipinski definition) is 2. The fourth-order valence-corrected chi connectivity index (χ4v) is 2.96. The number of benzene rings is 1. The summed E-state index contributed by atoms with van der Waals surface area (Å²) in [6.45, 7) is 4.19. The first kappa shape index (κ1) is 16.0. The molecule has 0 unspecified atom stereocenters. The standard InChI is InChI=1S/C16H17NO4S/c1-3-13(18)17-15-14(16(19)20)12(9-22-15)10-5-7-11(8-6-10)21-4-2/h5-9H,3-4H2,1-2H3,(H,17,18)(H,19,20). The van der Waals surface area contributed by atoms with Crippen molar-refractivity contribution in [2.75, 3.05) is 11.9 Å². The van der Waals surface area contributed by atoms with Gasteiger partial charge in [0.05, 0.1) is 6.61 Å². The molecule has 1 amide bonds. The van der Waals surface area contributed by atoms with Crippen LogP contribution in [-0.4, -0.2) is 23.6 Å². The first-order chi connectivity index (χ1) is 10.6. The molecule has 0 bridgehead atoms. The lowest BCUT2D eigenvalue weighted by Crippen LogP contribution is -2.11. The third kappa shape index (κ3) is 3.46. The average Bonchev–Trinajstić information content (AvgIpc) is 2.92. The van der Waals surface area contributed by atoms with E-state index in [0.717, 1.165) is 11.3 Å². The van der Waals surface area contributed by atoms with Gasteiger partial charge in [-0.05, 0) is 24.6 Å². The van der Waals surface area contributed by atoms with E-state index in [2.05, 4.69) is 5.32 Å². The van der Waals surface area contributed by atoms with Crippen LogP contribution < -0.4 is 10.1 Å². The van der Waals surface area contributed by atoms with Crippen LogP contribution in [0.4, 0.5) is 5.00 Å². The van der Waals surface area contributed by atoms with Gasteiger partial charge in [0, 0.05) is 17.4 Å². The summed E-state index contributed by atoms with van der Waals surface area (Å²) in [6, 6.07) is 7.22. The normalized spacial score (nSPS) is 10.3. The molecule has 116 valence electrons. The minimum Gasteiger partial charge on any atom is -0.494 e. The van der Waals surface area contributed by atoms with Crippen molar-refractivity contribution in [3.63, 3.8) is 0 Å². The molecule has 0 atom stereocenters. The van der Waals surface area contributed by atoms with Gasteiger partial charge in [0.2, 0.25) is 5.91 Å². The van der Waals surface area contributed by atoms with Crippen LogP contribution >= 0.6 is 11.3 Å². The highest BCUT2D eigenvalue weighted by molar-refractivity contribution is 7.15. The van der Waals surface area contributed by atoms with Gasteiger partial charge in [0.1, 0.15) is 16.3 Å². The summed E-state index contributed by atoms with van der Waals surface area (Å²) < 4.78 is 5.38. The number of carbonyl (C=O) groups excluding carboxylic acids is 1. The van der Waals surface area contributed by atoms with Crippen molar-refractivity contribution >= 4 is 28.2 Å². The molecule has 0 saturated carbocycles. The van der Waals surface area contributed by atoms with Crippen LogP contribution in [0.1, 0.15) is 30.6 Å². The number of anilines is 1. The summed E-state index contributed by atoms with van der Waals surface area (Å²) in [5.41, 5.74) is 1.48. The Hall–Kier alpha value is -2.34. The lowest BCUT2D eigenvalue weighted by Gasteiger charge is -2.06. The van der Waals surface area contributed by atoms with Crippen LogP contribution in [0, 0.1) is 0 Å². The van der Waals surface area contributed by atoms with Crippen molar-refractivity contribution < 1.29 is 19.4 Å². The molecule has 0 saturated heterocycles. The van der Waals surface area contributed by atoms with Gasteiger partial charge >= 0.3 is 5.97 Å². The Morgan fingerprint density at radius 3 is 2.45 bits per heavy atom. The zero-order valence-electron chi connectivity index (χ0n) is 12.4. The lowest BCUT2D eigenvalue weighted by molar-refractivity contribution is -0.115. The molecular formula is C16H17NO4S. The number of aromatic carboxylic acids is 1. The van der Waals surface area contributed by atoms with E-state index in [1.807, 2.05) is 19.1 Å². The van der Waals surface area contributed by atoms with Crippen LogP contribution in [0.5, 0.6) is 5.75 Å². The van der Waals surface area contributed by atoms with Crippen molar-refractivity contribution in [3.8, 4) is 16.9 Å². The van der Waals surface area contributed by atoms with Crippen molar-refractivity contribution in [1.29, 1.82) is 0 Å². The summed E-state index contributed by atoms with van der Waals surface area (Å²) >= 11 is 1.21. The Morgan fingerprint density at radius 1 is 1.23 bits per heavy atom. The molecule has 2 aromatic rings. The van der Waals surface area contributed by atoms with E-state index in [9.17, 15) is 14.7 Å². The maximum Gasteiger partial charge on any atom is 0.339 e. The molecule has 1 heterocycles. The second-order valence-corrected chi connectivity index (χ2v) is 5.40. The molecule has 0 radical (unpaired) electrons. The maximum absolute atomic E-state index is 11.5. The van der Waals surface area contributed by atoms with Gasteiger partial charge < -0.3 is 15.2 Å². The molecule has 0 spiro atoms. The number of hydrogen-bond acceptors (Lipinski definition) is 4. The number of carbonyl (C=O) groups is 2. The summed E-state index contributed by atoms with van der Waals surface area (Å²) in [4.78, 5) is 23.1. The van der Waals surface area contributed by atoms with E-state index >= 15 is 0 Å². The molecule has 2 rings (SSSR count). The molecule has 1 aromatic carbocycles. The fraction of sp³-hybridized carbons (Fsp3) is 0.250. The number of carboxylic acids is 1. The van der Waals surface area contributed by atoms with Crippen LogP contribution in [0.15, 0.2) is 29.6 Å². The minimum atomic E-state index is -1.06. The third-order valence-corrected chi connectivity index (χ3v) is 3.95. The maximum atomic E-state index is 11.5. The molecule has 0 aliphatic carbocycles. The summed E-state index contributed by atoms with van der Waals surface area (Å²) in [7, 11) is 0. The summed E-state index contributed by atoms with van der Waals surface area (Å²) in [5.74, 6) is -0.531. The topological polar surface area (TPSA) is 75.6 Å². The molecule has 0 aliphatic heterocycles. The Bertz CT molecular complexity index is 676. The molecule has 22 heavy (non-hydrogen) atoms. The van der Waals surface area contributed by atoms with E-state index in [1.54, 1.807) is 24.4 Å². The van der Waals surface area contributed by atoms with E-state index in [4.69, 9.17) is 4.74 Å². The van der Waals surface area contributed by atoms with Crippen molar-refractivity contribution in [2.45, 2.75) is 20.3 Å². The largest absolute Gasteiger partial charge is 0.494 e. The Kier molecular flexibility index (Phi) is 5.16. The molecule has 5 nitrogen and oxygen atoms in total. The number of amides is 1. The van der Waals surface area contributed by atoms with E-state index in [-0.39, 0.29) is 11.5 Å². The molecule has 1 aromatic heterocycles. The molecule has 0 aliphatic rings. The van der Waals surface area contributed by atoms with Gasteiger partial charge in [-0.2, -0.15) is 0 Å². The third-order valence-electron chi connectivity index (χ3n) is 3.06. The highest BCUT2D eigenvalue weighted by atomic mass is 32.1. The van der Waals surface area contributed by atoms with Gasteiger partial charge in [0.15, 0.2) is 0 Å². The van der Waals surface area contributed by atoms with Crippen molar-refractivity contribution in [2.24, 2.45) is 0 Å². The first-order valence-electron chi connectivity index (χ1n) is 6.94. The predicted molar refractivity (Wildman–Crippen MR) is 86.8 cm³/mol. The zero-order valence-corrected chi connectivity index (χ0v) is 13.2. The van der Waals surface area contributed by atoms with Crippen LogP contribution in [0.3, 0.4) is 0 Å². The van der Waals surface area contributed by atoms with Gasteiger partial charge in [-0.3, -0.25) is 4.79 Å². The van der Waals surface area contributed by atoms with Crippen molar-refractivity contribution in [3.05, 3.63) is 35.2 Å². The van der Waals surface area contributed by atoms with E-state index < -0.39 is 5.97 Å². The fourth-order valence-electron chi connectivity index (χ4n) is 1.99. The smallest absolute Gasteiger partial charge is 0.339 e. The SMILES string of the molecule is CCOc1ccc(-c2csc(NC(=O)CC)c2C(=O)O)cc1. The van der Waals surface area contributed by atoms with Crippen LogP contribution in [0.25, 0.3) is 11.1 Å². The van der Waals surface area contributed by atoms with Gasteiger partial charge in [-0.1, -0.05) is 19.1 Å². The quantitative estimate of drug-likeness (QED) is 0.847. The molecule has 6 heteroatoms. The Morgan fingerprint density at radius 2 is 1.91 bits per heavy atom. The summed E-state index contributed by atoms with van der Waals surface area (Å²) in [5, 5.41) is 14.2. The Balaban J connectivity index is 2.38. The summed E-state index contributed by atoms with van der Waals surface area (Å²) in [6.07, 6.45) is 0.301. The highest BCUT2D eigenvalue weighted by Gasteiger charge is 2.20. The van der Waals surface area contributed by atoms with Crippen LogP contribution in [-0.2, 0) is 4.79 Å². The van der Waals surface area contributed by atoms with E-state index in [1.165, 1.54) is 11.3 Å². The second-order valence-electron chi connectivity index (χ2n) is 4.52. The number of carboxylic acid groups (broad SMARTS) is 1. The predicted octanol–water partition coefficient (Wildman–Crippen LogP) is 3.86. The Labute approximate surface area is 132 Å². The number of thiophene rings is 1. The highest BCUT2D eigenvalue weighted by Crippen LogP contribution is 2.36. The lowest BCUT2D eigenvalue weighted by atomic mass is 10.0. The minimum absolute atomic E-state index is 0.121. The average molecular weight is 319 g/mol. The molecular weight excluding hydrogens is 302 g/mol. The van der Waals surface area contributed by atoms with Crippen LogP contribution in [0.2, 0.25) is 0 Å².